The number of nitrogens with two attached hydrogens (primary N) is 2. The first kappa shape index (κ1) is 17.7. The summed E-state index contributed by atoms with van der Waals surface area (Å²) in [5.41, 5.74) is 11.9. The molecule has 5 N–H and O–H groups in total. The molecule has 2 rings (SSSR count). The number of nitrogens with zero attached hydrogens (tertiary/aromatic N) is 1. The van der Waals surface area contributed by atoms with E-state index in [1.165, 1.54) is 30.3 Å². The third kappa shape index (κ3) is 3.99. The lowest BCUT2D eigenvalue weighted by atomic mass is 10.1. The van der Waals surface area contributed by atoms with Gasteiger partial charge in [-0.1, -0.05) is 18.2 Å². The molecule has 2 aromatic rings. The predicted molar refractivity (Wildman–Crippen MR) is 92.3 cm³/mol. The maximum atomic E-state index is 12.3. The van der Waals surface area contributed by atoms with Crippen LogP contribution in [0.1, 0.15) is 17.3 Å². The summed E-state index contributed by atoms with van der Waals surface area (Å²) in [7, 11) is 0. The Kier molecular flexibility index (Phi) is 5.13. The minimum Gasteiger partial charge on any atom is -0.399 e. The Labute approximate surface area is 143 Å². The highest BCUT2D eigenvalue weighted by atomic mass is 16.2. The van der Waals surface area contributed by atoms with Crippen molar-refractivity contribution in [3.05, 3.63) is 54.1 Å². The second-order valence-electron chi connectivity index (χ2n) is 5.13. The minimum atomic E-state index is -1.26. The number of imide groups is 2. The second-order valence-corrected chi connectivity index (χ2v) is 5.13. The molecule has 25 heavy (non-hydrogen) atoms. The van der Waals surface area contributed by atoms with Gasteiger partial charge in [0.2, 0.25) is 5.91 Å². The van der Waals surface area contributed by atoms with Crippen molar-refractivity contribution in [2.24, 2.45) is 0 Å². The van der Waals surface area contributed by atoms with Crippen molar-refractivity contribution in [1.82, 2.24) is 5.32 Å². The van der Waals surface area contributed by atoms with Gasteiger partial charge in [0.15, 0.2) is 0 Å². The molecule has 0 saturated heterocycles. The van der Waals surface area contributed by atoms with Gasteiger partial charge in [-0.05, 0) is 30.3 Å². The number of benzene rings is 2. The largest absolute Gasteiger partial charge is 0.399 e. The number of rotatable bonds is 2. The van der Waals surface area contributed by atoms with Crippen LogP contribution in [0.5, 0.6) is 0 Å². The van der Waals surface area contributed by atoms with Crippen LogP contribution in [0.4, 0.5) is 17.1 Å². The van der Waals surface area contributed by atoms with E-state index in [9.17, 15) is 19.2 Å². The third-order valence-corrected chi connectivity index (χ3v) is 3.27. The first-order chi connectivity index (χ1) is 11.8. The molecular formula is C17H16N4O4. The monoisotopic (exact) mass is 340 g/mol. The van der Waals surface area contributed by atoms with E-state index >= 15 is 0 Å². The molecule has 0 aromatic heterocycles. The summed E-state index contributed by atoms with van der Waals surface area (Å²) in [6.45, 7) is 1.12. The van der Waals surface area contributed by atoms with Crippen LogP contribution < -0.4 is 21.7 Å². The fourth-order valence-corrected chi connectivity index (χ4v) is 2.14. The lowest BCUT2D eigenvalue weighted by molar-refractivity contribution is -0.139. The van der Waals surface area contributed by atoms with Gasteiger partial charge < -0.3 is 11.5 Å². The number of amides is 4. The lowest BCUT2D eigenvalue weighted by Gasteiger charge is -2.18. The van der Waals surface area contributed by atoms with Crippen molar-refractivity contribution in [2.75, 3.05) is 16.4 Å². The van der Waals surface area contributed by atoms with Crippen LogP contribution >= 0.6 is 0 Å². The van der Waals surface area contributed by atoms with E-state index in [0.717, 1.165) is 6.92 Å². The molecule has 128 valence electrons. The maximum Gasteiger partial charge on any atom is 0.323 e. The number of carbonyl (C=O) groups excluding carboxylic acids is 4. The van der Waals surface area contributed by atoms with Gasteiger partial charge in [0.1, 0.15) is 0 Å². The number of hydrogen-bond donors (Lipinski definition) is 3. The molecule has 0 aliphatic rings. The average molecular weight is 340 g/mol. The van der Waals surface area contributed by atoms with Crippen LogP contribution in [0.25, 0.3) is 0 Å². The summed E-state index contributed by atoms with van der Waals surface area (Å²) in [5, 5.41) is 1.92. The van der Waals surface area contributed by atoms with Crippen molar-refractivity contribution in [2.45, 2.75) is 6.92 Å². The van der Waals surface area contributed by atoms with Crippen LogP contribution in [0.3, 0.4) is 0 Å². The smallest absolute Gasteiger partial charge is 0.323 e. The Balaban J connectivity index is 2.22. The fourth-order valence-electron chi connectivity index (χ4n) is 2.14. The molecule has 4 amide bonds. The van der Waals surface area contributed by atoms with Gasteiger partial charge in [-0.3, -0.25) is 24.5 Å². The van der Waals surface area contributed by atoms with E-state index in [0.29, 0.717) is 10.6 Å². The fraction of sp³-hybridized carbons (Fsp3) is 0.0588. The van der Waals surface area contributed by atoms with Crippen LogP contribution in [0.2, 0.25) is 0 Å². The Morgan fingerprint density at radius 1 is 0.960 bits per heavy atom. The molecule has 0 atom stereocenters. The maximum absolute atomic E-state index is 12.3. The standard InChI is InChI=1S/C17H16N4O4/c1-10(22)21(12-6-4-5-11(18)9-12)17(25)16(24)20-15(23)13-7-2-3-8-14(13)19/h2-9H,18-19H2,1H3,(H,20,23,24). The second kappa shape index (κ2) is 7.26. The summed E-state index contributed by atoms with van der Waals surface area (Å²) in [5.74, 6) is -4.00. The molecule has 0 bridgehead atoms. The van der Waals surface area contributed by atoms with Gasteiger partial charge in [0.25, 0.3) is 5.91 Å². The molecule has 0 heterocycles. The highest BCUT2D eigenvalue weighted by Gasteiger charge is 2.28. The Morgan fingerprint density at radius 3 is 2.24 bits per heavy atom. The van der Waals surface area contributed by atoms with Gasteiger partial charge in [0, 0.05) is 18.3 Å². The summed E-state index contributed by atoms with van der Waals surface area (Å²) in [6, 6.07) is 12.0. The zero-order valence-electron chi connectivity index (χ0n) is 13.4. The lowest BCUT2D eigenvalue weighted by Crippen LogP contribution is -2.47. The highest BCUT2D eigenvalue weighted by Crippen LogP contribution is 2.18. The van der Waals surface area contributed by atoms with Gasteiger partial charge in [-0.2, -0.15) is 0 Å². The highest BCUT2D eigenvalue weighted by molar-refractivity contribution is 6.47. The number of nitrogens with one attached hydrogen (secondary N) is 1. The van der Waals surface area contributed by atoms with Crippen LogP contribution in [-0.4, -0.2) is 23.6 Å². The van der Waals surface area contributed by atoms with Crippen LogP contribution in [-0.2, 0) is 14.4 Å². The minimum absolute atomic E-state index is 0.0435. The Bertz CT molecular complexity index is 863. The number of nitrogen functional groups attached to an aromatic ring is 2. The molecule has 8 heteroatoms. The molecule has 0 unspecified atom stereocenters. The van der Waals surface area contributed by atoms with E-state index in [-0.39, 0.29) is 16.9 Å². The molecule has 0 spiro atoms. The SMILES string of the molecule is CC(=O)N(C(=O)C(=O)NC(=O)c1ccccc1N)c1cccc(N)c1. The summed E-state index contributed by atoms with van der Waals surface area (Å²) >= 11 is 0. The predicted octanol–water partition coefficient (Wildman–Crippen LogP) is 0.687. The molecule has 0 radical (unpaired) electrons. The van der Waals surface area contributed by atoms with E-state index in [1.807, 2.05) is 5.32 Å². The Morgan fingerprint density at radius 2 is 1.64 bits per heavy atom. The van der Waals surface area contributed by atoms with Crippen molar-refractivity contribution in [1.29, 1.82) is 0 Å². The summed E-state index contributed by atoms with van der Waals surface area (Å²) < 4.78 is 0. The van der Waals surface area contributed by atoms with E-state index in [4.69, 9.17) is 11.5 Å². The van der Waals surface area contributed by atoms with Gasteiger partial charge in [-0.25, -0.2) is 4.90 Å². The molecule has 0 aliphatic carbocycles. The van der Waals surface area contributed by atoms with Crippen molar-refractivity contribution >= 4 is 40.7 Å². The van der Waals surface area contributed by atoms with Gasteiger partial charge in [0.05, 0.1) is 11.3 Å². The zero-order valence-corrected chi connectivity index (χ0v) is 13.4. The van der Waals surface area contributed by atoms with Crippen LogP contribution in [0, 0.1) is 0 Å². The molecule has 0 aliphatic heterocycles. The molecule has 2 aromatic carbocycles. The molecular weight excluding hydrogens is 324 g/mol. The number of para-hydroxylation sites is 1. The van der Waals surface area contributed by atoms with E-state index < -0.39 is 23.6 Å². The topological polar surface area (TPSA) is 136 Å². The van der Waals surface area contributed by atoms with E-state index in [1.54, 1.807) is 18.2 Å². The quantitative estimate of drug-likeness (QED) is 0.543. The van der Waals surface area contributed by atoms with Gasteiger partial charge in [-0.15, -0.1) is 0 Å². The molecule has 8 nitrogen and oxygen atoms in total. The van der Waals surface area contributed by atoms with Gasteiger partial charge >= 0.3 is 11.8 Å². The van der Waals surface area contributed by atoms with Crippen LogP contribution in [0.15, 0.2) is 48.5 Å². The number of carbonyl (C=O) groups is 4. The third-order valence-electron chi connectivity index (χ3n) is 3.27. The summed E-state index contributed by atoms with van der Waals surface area (Å²) in [6.07, 6.45) is 0. The van der Waals surface area contributed by atoms with Crippen molar-refractivity contribution < 1.29 is 19.2 Å². The van der Waals surface area contributed by atoms with E-state index in [2.05, 4.69) is 0 Å². The zero-order chi connectivity index (χ0) is 18.6. The average Bonchev–Trinajstić information content (AvgIpc) is 2.54. The summed E-state index contributed by atoms with van der Waals surface area (Å²) in [4.78, 5) is 48.9. The normalized spacial score (nSPS) is 9.96. The molecule has 0 fully saturated rings. The molecule has 0 saturated carbocycles. The Hall–Kier alpha value is -3.68. The number of anilines is 3. The first-order valence-electron chi connectivity index (χ1n) is 7.21. The number of hydrogen-bond acceptors (Lipinski definition) is 6. The first-order valence-corrected chi connectivity index (χ1v) is 7.21. The van der Waals surface area contributed by atoms with Crippen molar-refractivity contribution in [3.8, 4) is 0 Å². The van der Waals surface area contributed by atoms with Crippen molar-refractivity contribution in [3.63, 3.8) is 0 Å².